The van der Waals surface area contributed by atoms with E-state index in [-0.39, 0.29) is 17.8 Å². The third kappa shape index (κ3) is 4.36. The predicted molar refractivity (Wildman–Crippen MR) is 124 cm³/mol. The molecule has 0 unspecified atom stereocenters. The first-order valence-electron chi connectivity index (χ1n) is 7.08. The molecule has 27 heavy (non-hydrogen) atoms. The Morgan fingerprint density at radius 3 is 2.15 bits per heavy atom. The van der Waals surface area contributed by atoms with Gasteiger partial charge in [-0.2, -0.15) is 8.42 Å². The molecule has 3 aromatic carbocycles. The molecular formula is C16H8I3O6S2-. The lowest BCUT2D eigenvalue weighted by Crippen LogP contribution is -2.14. The molecule has 0 saturated carbocycles. The molecule has 0 atom stereocenters. The molecule has 0 heterocycles. The van der Waals surface area contributed by atoms with Crippen molar-refractivity contribution in [3.05, 3.63) is 59.2 Å². The number of fused-ring (bicyclic) bond motifs is 1. The van der Waals surface area contributed by atoms with E-state index in [9.17, 15) is 21.4 Å². The minimum Gasteiger partial charge on any atom is -0.744 e. The maximum Gasteiger partial charge on any atom is 0.339 e. The highest BCUT2D eigenvalue weighted by Crippen LogP contribution is 2.38. The Labute approximate surface area is 197 Å². The lowest BCUT2D eigenvalue weighted by molar-refractivity contribution is 0.457. The third-order valence-electron chi connectivity index (χ3n) is 3.55. The molecule has 0 amide bonds. The molecule has 0 N–H and O–H groups in total. The van der Waals surface area contributed by atoms with Crippen molar-refractivity contribution in [2.45, 2.75) is 9.79 Å². The highest BCUT2D eigenvalue weighted by molar-refractivity contribution is 14.1. The van der Waals surface area contributed by atoms with Crippen LogP contribution in [0, 0.1) is 10.7 Å². The van der Waals surface area contributed by atoms with Gasteiger partial charge >= 0.3 is 10.1 Å². The number of halogens is 3. The summed E-state index contributed by atoms with van der Waals surface area (Å²) >= 11 is 5.17. The van der Waals surface area contributed by atoms with Gasteiger partial charge in [0.2, 0.25) is 0 Å². The average molecular weight is 741 g/mol. The van der Waals surface area contributed by atoms with Crippen LogP contribution in [0.15, 0.2) is 58.3 Å². The Kier molecular flexibility index (Phi) is 6.28. The van der Waals surface area contributed by atoms with Gasteiger partial charge in [-0.1, -0.05) is 36.4 Å². The van der Waals surface area contributed by atoms with Crippen LogP contribution in [0.1, 0.15) is 0 Å². The van der Waals surface area contributed by atoms with Crippen molar-refractivity contribution in [2.75, 3.05) is 0 Å². The summed E-state index contributed by atoms with van der Waals surface area (Å²) < 4.78 is 66.3. The molecule has 0 aromatic heterocycles. The lowest BCUT2D eigenvalue weighted by Gasteiger charge is -2.17. The predicted octanol–water partition coefficient (Wildman–Crippen LogP) is 4.33. The van der Waals surface area contributed by atoms with Crippen LogP contribution in [0.2, 0.25) is 0 Å². The highest BCUT2D eigenvalue weighted by atomic mass is 127. The number of hydrogen-bond donors (Lipinski definition) is 0. The molecule has 0 spiro atoms. The smallest absolute Gasteiger partial charge is 0.339 e. The van der Waals surface area contributed by atoms with Crippen LogP contribution in [0.5, 0.6) is 5.75 Å². The maximum absolute atomic E-state index is 12.9. The van der Waals surface area contributed by atoms with Crippen LogP contribution in [0.3, 0.4) is 0 Å². The van der Waals surface area contributed by atoms with Gasteiger partial charge in [0.25, 0.3) is 0 Å². The van der Waals surface area contributed by atoms with E-state index in [2.05, 4.69) is 0 Å². The summed E-state index contributed by atoms with van der Waals surface area (Å²) in [4.78, 5) is -0.537. The topological polar surface area (TPSA) is 101 Å². The van der Waals surface area contributed by atoms with Crippen LogP contribution in [0.25, 0.3) is 10.8 Å². The Balaban J connectivity index is 2.20. The van der Waals surface area contributed by atoms with Gasteiger partial charge in [-0.25, -0.2) is 8.42 Å². The lowest BCUT2D eigenvalue weighted by atomic mass is 10.1. The van der Waals surface area contributed by atoms with Crippen molar-refractivity contribution in [1.82, 2.24) is 0 Å². The van der Waals surface area contributed by atoms with Crippen LogP contribution < -0.4 is 4.18 Å². The zero-order valence-electron chi connectivity index (χ0n) is 13.0. The summed E-state index contributed by atoms with van der Waals surface area (Å²) in [5.74, 6) is -0.182. The molecule has 0 radical (unpaired) electrons. The van der Waals surface area contributed by atoms with E-state index in [4.69, 9.17) is 4.18 Å². The number of rotatable bonds is 4. The fraction of sp³-hybridized carbons (Fsp3) is 0. The highest BCUT2D eigenvalue weighted by Gasteiger charge is 2.26. The van der Waals surface area contributed by atoms with Gasteiger partial charge in [-0.15, -0.1) is 0 Å². The minimum absolute atomic E-state index is 0.0442. The van der Waals surface area contributed by atoms with E-state index < -0.39 is 25.1 Å². The van der Waals surface area contributed by atoms with Gasteiger partial charge in [0.15, 0.2) is 5.75 Å². The van der Waals surface area contributed by atoms with Crippen molar-refractivity contribution in [2.24, 2.45) is 0 Å². The third-order valence-corrected chi connectivity index (χ3v) is 9.17. The molecule has 0 bridgehead atoms. The first kappa shape index (κ1) is 21.5. The van der Waals surface area contributed by atoms with Crippen molar-refractivity contribution in [3.8, 4) is 5.75 Å². The molecule has 142 valence electrons. The standard InChI is InChI=1S/C16H9I3O6S2/c17-11-8-12(18)16(26(20,21)22)14(19)15(11)25-27(23,24)13-7-3-5-9-4-1-2-6-10(9)13/h1-8H,(H,20,21,22)/p-1. The van der Waals surface area contributed by atoms with E-state index in [1.54, 1.807) is 81.6 Å². The van der Waals surface area contributed by atoms with Gasteiger partial charge < -0.3 is 8.74 Å². The summed E-state index contributed by atoms with van der Waals surface area (Å²) in [6, 6.07) is 13.1. The molecule has 6 nitrogen and oxygen atoms in total. The Hall–Kier alpha value is -0.230. The summed E-state index contributed by atoms with van der Waals surface area (Å²) in [6.45, 7) is 0. The first-order chi connectivity index (χ1) is 12.5. The molecule has 3 rings (SSSR count). The molecule has 3 aromatic rings. The summed E-state index contributed by atoms with van der Waals surface area (Å²) in [6.07, 6.45) is 0. The SMILES string of the molecule is O=S(=O)([O-])c1c(I)cc(I)c(OS(=O)(=O)c2cccc3ccccc23)c1I. The quantitative estimate of drug-likeness (QED) is 0.225. The van der Waals surface area contributed by atoms with Crippen molar-refractivity contribution < 1.29 is 25.6 Å². The van der Waals surface area contributed by atoms with Gasteiger partial charge in [0.1, 0.15) is 15.0 Å². The zero-order valence-corrected chi connectivity index (χ0v) is 21.1. The van der Waals surface area contributed by atoms with Gasteiger partial charge in [-0.3, -0.25) is 0 Å². The van der Waals surface area contributed by atoms with Crippen LogP contribution >= 0.6 is 67.8 Å². The van der Waals surface area contributed by atoms with Crippen LogP contribution in [0.4, 0.5) is 0 Å². The second kappa shape index (κ2) is 7.89. The van der Waals surface area contributed by atoms with Gasteiger partial charge in [0, 0.05) is 8.96 Å². The molecule has 0 fully saturated rings. The van der Waals surface area contributed by atoms with Crippen LogP contribution in [-0.2, 0) is 20.2 Å². The van der Waals surface area contributed by atoms with E-state index in [1.807, 2.05) is 22.6 Å². The van der Waals surface area contributed by atoms with E-state index >= 15 is 0 Å². The van der Waals surface area contributed by atoms with Crippen LogP contribution in [-0.4, -0.2) is 21.4 Å². The Bertz CT molecular complexity index is 1270. The zero-order chi connectivity index (χ0) is 20.0. The van der Waals surface area contributed by atoms with Gasteiger partial charge in [0.05, 0.1) is 12.0 Å². The second-order valence-electron chi connectivity index (χ2n) is 5.28. The maximum atomic E-state index is 12.9. The molecule has 0 aliphatic carbocycles. The Morgan fingerprint density at radius 2 is 1.48 bits per heavy atom. The minimum atomic E-state index is -4.80. The first-order valence-corrected chi connectivity index (χ1v) is 13.1. The van der Waals surface area contributed by atoms with Crippen molar-refractivity contribution in [1.29, 1.82) is 0 Å². The molecule has 11 heteroatoms. The largest absolute Gasteiger partial charge is 0.744 e. The molecule has 0 aliphatic rings. The van der Waals surface area contributed by atoms with E-state index in [0.717, 1.165) is 5.39 Å². The van der Waals surface area contributed by atoms with E-state index in [1.165, 1.54) is 12.1 Å². The van der Waals surface area contributed by atoms with Gasteiger partial charge in [-0.05, 0) is 85.3 Å². The normalized spacial score (nSPS) is 12.3. The molecular weight excluding hydrogens is 733 g/mol. The summed E-state index contributed by atoms with van der Waals surface area (Å²) in [7, 11) is -9.07. The molecule has 0 aliphatic heterocycles. The summed E-state index contributed by atoms with van der Waals surface area (Å²) in [5.41, 5.74) is 0. The monoisotopic (exact) mass is 741 g/mol. The summed E-state index contributed by atoms with van der Waals surface area (Å²) in [5, 5.41) is 1.20. The fourth-order valence-corrected chi connectivity index (χ4v) is 9.73. The number of hydrogen-bond acceptors (Lipinski definition) is 6. The second-order valence-corrected chi connectivity index (χ2v) is 11.5. The molecule has 0 saturated heterocycles. The van der Waals surface area contributed by atoms with E-state index in [0.29, 0.717) is 8.96 Å². The fourth-order valence-electron chi connectivity index (χ4n) is 2.43. The van der Waals surface area contributed by atoms with Crippen molar-refractivity contribution in [3.63, 3.8) is 0 Å². The average Bonchev–Trinajstić information content (AvgIpc) is 2.56. The Morgan fingerprint density at radius 1 is 0.852 bits per heavy atom. The van der Waals surface area contributed by atoms with Crippen molar-refractivity contribution >= 4 is 98.8 Å². The number of benzene rings is 3.